The van der Waals surface area contributed by atoms with Gasteiger partial charge in [0.2, 0.25) is 5.91 Å². The number of hydrogen-bond donors (Lipinski definition) is 1. The van der Waals surface area contributed by atoms with E-state index in [0.29, 0.717) is 6.42 Å². The van der Waals surface area contributed by atoms with Crippen LogP contribution in [0.25, 0.3) is 10.9 Å². The summed E-state index contributed by atoms with van der Waals surface area (Å²) < 4.78 is 0. The number of H-pyrrole nitrogens is 1. The van der Waals surface area contributed by atoms with Crippen LogP contribution < -0.4 is 0 Å². The van der Waals surface area contributed by atoms with Crippen molar-refractivity contribution in [2.75, 3.05) is 6.54 Å². The second-order valence-electron chi connectivity index (χ2n) is 7.84. The summed E-state index contributed by atoms with van der Waals surface area (Å²) in [5, 5.41) is 1.26. The van der Waals surface area contributed by atoms with E-state index in [1.165, 1.54) is 29.4 Å². The molecule has 5 rings (SSSR count). The van der Waals surface area contributed by atoms with Crippen LogP contribution in [0.4, 0.5) is 0 Å². The minimum Gasteiger partial charge on any atom is -0.356 e. The summed E-state index contributed by atoms with van der Waals surface area (Å²) in [5.41, 5.74) is 5.82. The molecule has 142 valence electrons. The highest BCUT2D eigenvalue weighted by molar-refractivity contribution is 5.87. The van der Waals surface area contributed by atoms with Gasteiger partial charge >= 0.3 is 0 Å². The maximum Gasteiger partial charge on any atom is 0.227 e. The summed E-state index contributed by atoms with van der Waals surface area (Å²) in [4.78, 5) is 23.6. The summed E-state index contributed by atoms with van der Waals surface area (Å²) in [5.74, 6) is 0.216. The van der Waals surface area contributed by atoms with Gasteiger partial charge in [-0.25, -0.2) is 0 Å². The minimum atomic E-state index is -0.144. The zero-order valence-electron chi connectivity index (χ0n) is 16.0. The highest BCUT2D eigenvalue weighted by Crippen LogP contribution is 2.38. The van der Waals surface area contributed by atoms with Crippen molar-refractivity contribution in [1.82, 2.24) is 14.9 Å². The Morgan fingerprint density at radius 2 is 2.00 bits per heavy atom. The van der Waals surface area contributed by atoms with Crippen LogP contribution in [0.2, 0.25) is 0 Å². The second-order valence-corrected chi connectivity index (χ2v) is 7.84. The molecular weight excluding hydrogens is 346 g/mol. The van der Waals surface area contributed by atoms with Crippen molar-refractivity contribution in [2.45, 2.75) is 44.6 Å². The number of carbonyl (C=O) groups is 1. The van der Waals surface area contributed by atoms with Crippen molar-refractivity contribution in [1.29, 1.82) is 0 Å². The molecule has 0 fully saturated rings. The van der Waals surface area contributed by atoms with E-state index >= 15 is 0 Å². The van der Waals surface area contributed by atoms with Gasteiger partial charge in [-0.2, -0.15) is 0 Å². The summed E-state index contributed by atoms with van der Waals surface area (Å²) in [6.07, 6.45) is 10.1. The minimum absolute atomic E-state index is 0.144. The van der Waals surface area contributed by atoms with Gasteiger partial charge < -0.3 is 9.88 Å². The molecular formula is C24H25N3O. The largest absolute Gasteiger partial charge is 0.356 e. The lowest BCUT2D eigenvalue weighted by Gasteiger charge is -2.36. The number of nitrogens with zero attached hydrogens (tertiary/aromatic N) is 2. The number of allylic oxidation sites excluding steroid dienone is 1. The lowest BCUT2D eigenvalue weighted by molar-refractivity contribution is -0.132. The number of amides is 1. The van der Waals surface area contributed by atoms with Crippen molar-refractivity contribution in [3.8, 4) is 0 Å². The average Bonchev–Trinajstić information content (AvgIpc) is 3.13. The van der Waals surface area contributed by atoms with Gasteiger partial charge in [-0.15, -0.1) is 0 Å². The van der Waals surface area contributed by atoms with E-state index < -0.39 is 0 Å². The van der Waals surface area contributed by atoms with Crippen LogP contribution in [-0.4, -0.2) is 27.3 Å². The quantitative estimate of drug-likeness (QED) is 0.664. The Kier molecular flexibility index (Phi) is 4.47. The number of fused-ring (bicyclic) bond motifs is 3. The van der Waals surface area contributed by atoms with Crippen molar-refractivity contribution in [2.24, 2.45) is 0 Å². The van der Waals surface area contributed by atoms with Crippen molar-refractivity contribution < 1.29 is 4.79 Å². The lowest BCUT2D eigenvalue weighted by atomic mass is 9.92. The monoisotopic (exact) mass is 371 g/mol. The number of para-hydroxylation sites is 1. The van der Waals surface area contributed by atoms with Gasteiger partial charge in [-0.05, 0) is 55.9 Å². The van der Waals surface area contributed by atoms with Crippen molar-refractivity contribution in [3.05, 3.63) is 77.3 Å². The molecule has 1 aliphatic heterocycles. The molecule has 0 unspecified atom stereocenters. The Bertz CT molecular complexity index is 1030. The highest BCUT2D eigenvalue weighted by atomic mass is 16.2. The summed E-state index contributed by atoms with van der Waals surface area (Å²) in [6, 6.07) is 14.2. The van der Waals surface area contributed by atoms with Crippen LogP contribution in [0.15, 0.2) is 60.3 Å². The fourth-order valence-electron chi connectivity index (χ4n) is 4.72. The number of aromatic amines is 1. The first-order chi connectivity index (χ1) is 13.8. The average molecular weight is 371 g/mol. The van der Waals surface area contributed by atoms with Crippen LogP contribution in [0.3, 0.4) is 0 Å². The van der Waals surface area contributed by atoms with Gasteiger partial charge in [0.25, 0.3) is 0 Å². The zero-order valence-corrected chi connectivity index (χ0v) is 16.0. The first-order valence-corrected chi connectivity index (χ1v) is 10.3. The second kappa shape index (κ2) is 7.27. The molecule has 4 nitrogen and oxygen atoms in total. The number of aromatic nitrogens is 2. The zero-order chi connectivity index (χ0) is 18.9. The smallest absolute Gasteiger partial charge is 0.227 e. The van der Waals surface area contributed by atoms with E-state index in [1.54, 1.807) is 0 Å². The van der Waals surface area contributed by atoms with Gasteiger partial charge in [0.15, 0.2) is 0 Å². The molecule has 0 saturated carbocycles. The predicted molar refractivity (Wildman–Crippen MR) is 111 cm³/mol. The highest BCUT2D eigenvalue weighted by Gasteiger charge is 2.35. The number of pyridine rings is 1. The third-order valence-electron chi connectivity index (χ3n) is 6.09. The maximum atomic E-state index is 13.3. The van der Waals surface area contributed by atoms with Crippen molar-refractivity contribution >= 4 is 16.8 Å². The van der Waals surface area contributed by atoms with E-state index in [0.717, 1.165) is 42.7 Å². The predicted octanol–water partition coefficient (Wildman–Crippen LogP) is 4.93. The molecule has 28 heavy (non-hydrogen) atoms. The molecule has 0 spiro atoms. The van der Waals surface area contributed by atoms with Gasteiger partial charge in [0.05, 0.1) is 5.69 Å². The van der Waals surface area contributed by atoms with E-state index in [2.05, 4.69) is 40.3 Å². The van der Waals surface area contributed by atoms with Gasteiger partial charge in [-0.1, -0.05) is 35.9 Å². The maximum absolute atomic E-state index is 13.3. The molecule has 0 radical (unpaired) electrons. The third-order valence-corrected chi connectivity index (χ3v) is 6.09. The van der Waals surface area contributed by atoms with Crippen molar-refractivity contribution in [3.63, 3.8) is 0 Å². The molecule has 1 amide bonds. The summed E-state index contributed by atoms with van der Waals surface area (Å²) in [6.45, 7) is 0.738. The Morgan fingerprint density at radius 1 is 1.11 bits per heavy atom. The Morgan fingerprint density at radius 3 is 2.82 bits per heavy atom. The van der Waals surface area contributed by atoms with Crippen LogP contribution in [0.5, 0.6) is 0 Å². The van der Waals surface area contributed by atoms with E-state index in [4.69, 9.17) is 0 Å². The number of rotatable bonds is 3. The van der Waals surface area contributed by atoms with E-state index in [1.807, 2.05) is 29.3 Å². The molecule has 1 aromatic carbocycles. The normalized spacial score (nSPS) is 19.4. The summed E-state index contributed by atoms with van der Waals surface area (Å²) >= 11 is 0. The Balaban J connectivity index is 1.55. The molecule has 0 bridgehead atoms. The fraction of sp³-hybridized carbons (Fsp3) is 0.333. The van der Waals surface area contributed by atoms with Crippen LogP contribution >= 0.6 is 0 Å². The molecule has 1 atom stereocenters. The first-order valence-electron chi connectivity index (χ1n) is 10.3. The number of hydrogen-bond acceptors (Lipinski definition) is 2. The van der Waals surface area contributed by atoms with Gasteiger partial charge in [0.1, 0.15) is 6.04 Å². The molecule has 4 heteroatoms. The number of carbonyl (C=O) groups excluding carboxylic acids is 1. The molecule has 3 aromatic rings. The molecule has 1 N–H and O–H groups in total. The molecule has 3 heterocycles. The number of benzene rings is 1. The number of nitrogens with one attached hydrogen (secondary N) is 1. The molecule has 0 saturated heterocycles. The first kappa shape index (κ1) is 17.2. The molecule has 2 aromatic heterocycles. The fourth-order valence-corrected chi connectivity index (χ4v) is 4.72. The SMILES string of the molecule is O=C(CC1=CCCCC1)N1CCc2c([nH]c3ccccc23)[C@@H]1c1ccccn1. The Hall–Kier alpha value is -2.88. The van der Waals surface area contributed by atoms with E-state index in [-0.39, 0.29) is 11.9 Å². The van der Waals surface area contributed by atoms with Gasteiger partial charge in [-0.3, -0.25) is 9.78 Å². The molecule has 1 aliphatic carbocycles. The summed E-state index contributed by atoms with van der Waals surface area (Å²) in [7, 11) is 0. The Labute approximate surface area is 165 Å². The lowest BCUT2D eigenvalue weighted by Crippen LogP contribution is -2.41. The van der Waals surface area contributed by atoms with Crippen LogP contribution in [-0.2, 0) is 11.2 Å². The molecule has 2 aliphatic rings. The third kappa shape index (κ3) is 3.03. The van der Waals surface area contributed by atoms with Crippen LogP contribution in [0.1, 0.15) is 55.1 Å². The van der Waals surface area contributed by atoms with Crippen LogP contribution in [0, 0.1) is 0 Å². The van der Waals surface area contributed by atoms with Gasteiger partial charge in [0, 0.05) is 35.8 Å². The topological polar surface area (TPSA) is 49.0 Å². The standard InChI is InChI=1S/C24H25N3O/c28-22(16-17-8-2-1-3-9-17)27-15-13-19-18-10-4-5-11-20(18)26-23(19)24(27)21-12-6-7-14-25-21/h4-8,10-12,14,24,26H,1-3,9,13,15-16H2/t24-/m0/s1. The van der Waals surface area contributed by atoms with E-state index in [9.17, 15) is 4.79 Å².